The molecule has 0 aliphatic heterocycles. The average molecular weight is 527 g/mol. The van der Waals surface area contributed by atoms with Gasteiger partial charge < -0.3 is 10.3 Å². The van der Waals surface area contributed by atoms with Gasteiger partial charge in [-0.2, -0.15) is 14.9 Å². The summed E-state index contributed by atoms with van der Waals surface area (Å²) in [7, 11) is -3.87. The molecule has 0 unspecified atom stereocenters. The molecule has 0 atom stereocenters. The van der Waals surface area contributed by atoms with Crippen molar-refractivity contribution in [1.29, 1.82) is 5.41 Å². The Balaban J connectivity index is 1.53. The standard InChI is InChI=1S/C26H22N8O3S/c1-17-16-22(32-37-17)33-38(35,36)21-14-12-20(13-15-21)29-30-24-23(18-8-4-2-5-9-18)31-34(26(27)28)25(24)19-10-6-3-7-11-19/h2-16H,1H3,(H3,27,28)(H,32,33). The molecular formula is C26H22N8O3S. The van der Waals surface area contributed by atoms with Crippen LogP contribution in [0, 0.1) is 12.3 Å². The number of hydrogen-bond donors (Lipinski definition) is 3. The van der Waals surface area contributed by atoms with Gasteiger partial charge in [0.25, 0.3) is 10.0 Å². The highest BCUT2D eigenvalue weighted by molar-refractivity contribution is 7.92. The lowest BCUT2D eigenvalue weighted by Crippen LogP contribution is -2.22. The summed E-state index contributed by atoms with van der Waals surface area (Å²) in [6.45, 7) is 1.66. The maximum absolute atomic E-state index is 12.7. The Hall–Kier alpha value is -5.10. The molecule has 4 N–H and O–H groups in total. The van der Waals surface area contributed by atoms with Crippen LogP contribution < -0.4 is 10.5 Å². The Morgan fingerprint density at radius 2 is 1.58 bits per heavy atom. The van der Waals surface area contributed by atoms with Crippen LogP contribution in [0.1, 0.15) is 5.76 Å². The van der Waals surface area contributed by atoms with E-state index in [-0.39, 0.29) is 16.7 Å². The number of anilines is 1. The SMILES string of the molecule is Cc1cc(NS(=O)(=O)c2ccc(N=Nc3c(-c4ccccc4)nn(C(=N)N)c3-c3ccccc3)cc2)no1. The molecule has 5 aromatic rings. The summed E-state index contributed by atoms with van der Waals surface area (Å²) in [5.74, 6) is 0.304. The number of nitrogen functional groups attached to an aromatic ring is 1. The Kier molecular flexibility index (Phi) is 6.54. The minimum atomic E-state index is -3.87. The van der Waals surface area contributed by atoms with E-state index < -0.39 is 10.0 Å². The second kappa shape index (κ2) is 10.1. The Labute approximate surface area is 218 Å². The second-order valence-electron chi connectivity index (χ2n) is 8.20. The largest absolute Gasteiger partial charge is 0.368 e. The number of nitrogens with one attached hydrogen (secondary N) is 2. The first-order valence-corrected chi connectivity index (χ1v) is 12.9. The van der Waals surface area contributed by atoms with Gasteiger partial charge in [0, 0.05) is 17.2 Å². The normalized spacial score (nSPS) is 11.6. The van der Waals surface area contributed by atoms with Crippen molar-refractivity contribution in [2.75, 3.05) is 4.72 Å². The lowest BCUT2D eigenvalue weighted by molar-refractivity contribution is 0.400. The molecule has 3 aromatic carbocycles. The lowest BCUT2D eigenvalue weighted by Gasteiger charge is -2.06. The highest BCUT2D eigenvalue weighted by Crippen LogP contribution is 2.39. The van der Waals surface area contributed by atoms with Gasteiger partial charge in [-0.1, -0.05) is 65.8 Å². The quantitative estimate of drug-likeness (QED) is 0.144. The minimum Gasteiger partial charge on any atom is -0.368 e. The van der Waals surface area contributed by atoms with Gasteiger partial charge in [-0.15, -0.1) is 5.11 Å². The molecule has 190 valence electrons. The van der Waals surface area contributed by atoms with Crippen LogP contribution >= 0.6 is 0 Å². The average Bonchev–Trinajstić information content (AvgIpc) is 3.51. The molecule has 0 aliphatic rings. The van der Waals surface area contributed by atoms with Crippen molar-refractivity contribution < 1.29 is 12.9 Å². The fourth-order valence-corrected chi connectivity index (χ4v) is 4.72. The highest BCUT2D eigenvalue weighted by Gasteiger charge is 2.22. The van der Waals surface area contributed by atoms with Crippen molar-refractivity contribution in [3.63, 3.8) is 0 Å². The summed E-state index contributed by atoms with van der Waals surface area (Å²) in [6, 6.07) is 26.1. The van der Waals surface area contributed by atoms with Crippen molar-refractivity contribution in [3.05, 3.63) is 96.8 Å². The number of benzene rings is 3. The van der Waals surface area contributed by atoms with Crippen molar-refractivity contribution in [2.24, 2.45) is 16.0 Å². The zero-order chi connectivity index (χ0) is 26.7. The summed E-state index contributed by atoms with van der Waals surface area (Å²) in [4.78, 5) is 0.0245. The monoisotopic (exact) mass is 526 g/mol. The van der Waals surface area contributed by atoms with Crippen LogP contribution in [0.4, 0.5) is 17.2 Å². The molecule has 38 heavy (non-hydrogen) atoms. The van der Waals surface area contributed by atoms with Gasteiger partial charge in [-0.05, 0) is 31.2 Å². The van der Waals surface area contributed by atoms with Gasteiger partial charge in [0.2, 0.25) is 5.96 Å². The van der Waals surface area contributed by atoms with Gasteiger partial charge in [0.1, 0.15) is 22.8 Å². The number of rotatable bonds is 7. The zero-order valence-electron chi connectivity index (χ0n) is 20.1. The minimum absolute atomic E-state index is 0.0245. The molecule has 2 aromatic heterocycles. The fraction of sp³-hybridized carbons (Fsp3) is 0.0385. The lowest BCUT2D eigenvalue weighted by atomic mass is 10.1. The molecular weight excluding hydrogens is 504 g/mol. The number of azo groups is 1. The summed E-state index contributed by atoms with van der Waals surface area (Å²) < 4.78 is 34.0. The number of sulfonamides is 1. The van der Waals surface area contributed by atoms with Crippen molar-refractivity contribution >= 4 is 33.2 Å². The maximum atomic E-state index is 12.7. The van der Waals surface area contributed by atoms with Crippen LogP contribution in [0.5, 0.6) is 0 Å². The smallest absolute Gasteiger partial charge is 0.263 e. The Morgan fingerprint density at radius 1 is 0.947 bits per heavy atom. The molecule has 0 radical (unpaired) electrons. The molecule has 5 rings (SSSR count). The third kappa shape index (κ3) is 5.06. The molecule has 0 amide bonds. The molecule has 0 saturated carbocycles. The van der Waals surface area contributed by atoms with Crippen LogP contribution in [-0.4, -0.2) is 29.3 Å². The van der Waals surface area contributed by atoms with E-state index in [2.05, 4.69) is 25.2 Å². The number of aromatic nitrogens is 3. The van der Waals surface area contributed by atoms with Crippen molar-refractivity contribution in [3.8, 4) is 22.5 Å². The molecule has 0 fully saturated rings. The Morgan fingerprint density at radius 3 is 2.16 bits per heavy atom. The van der Waals surface area contributed by atoms with E-state index in [1.165, 1.54) is 35.0 Å². The van der Waals surface area contributed by atoms with Gasteiger partial charge >= 0.3 is 0 Å². The number of nitrogens with zero attached hydrogens (tertiary/aromatic N) is 5. The number of nitrogens with two attached hydrogens (primary N) is 1. The molecule has 12 heteroatoms. The first-order valence-electron chi connectivity index (χ1n) is 11.4. The summed E-state index contributed by atoms with van der Waals surface area (Å²) >= 11 is 0. The third-order valence-electron chi connectivity index (χ3n) is 5.46. The van der Waals surface area contributed by atoms with Gasteiger partial charge in [-0.25, -0.2) is 8.42 Å². The predicted octanol–water partition coefficient (Wildman–Crippen LogP) is 5.47. The predicted molar refractivity (Wildman–Crippen MR) is 143 cm³/mol. The number of hydrogen-bond acceptors (Lipinski definition) is 8. The van der Waals surface area contributed by atoms with Crippen LogP contribution in [0.2, 0.25) is 0 Å². The van der Waals surface area contributed by atoms with E-state index >= 15 is 0 Å². The van der Waals surface area contributed by atoms with E-state index in [0.717, 1.165) is 11.1 Å². The second-order valence-corrected chi connectivity index (χ2v) is 9.88. The van der Waals surface area contributed by atoms with E-state index in [4.69, 9.17) is 15.7 Å². The molecule has 0 spiro atoms. The van der Waals surface area contributed by atoms with Crippen molar-refractivity contribution in [1.82, 2.24) is 14.9 Å². The van der Waals surface area contributed by atoms with E-state index in [0.29, 0.717) is 28.5 Å². The first kappa shape index (κ1) is 24.6. The summed E-state index contributed by atoms with van der Waals surface area (Å²) in [6.07, 6.45) is 0. The highest BCUT2D eigenvalue weighted by atomic mass is 32.2. The molecule has 2 heterocycles. The zero-order valence-corrected chi connectivity index (χ0v) is 20.9. The van der Waals surface area contributed by atoms with Crippen LogP contribution in [0.15, 0.2) is 111 Å². The van der Waals surface area contributed by atoms with Crippen molar-refractivity contribution in [2.45, 2.75) is 11.8 Å². The van der Waals surface area contributed by atoms with E-state index in [9.17, 15) is 8.42 Å². The fourth-order valence-electron chi connectivity index (χ4n) is 3.74. The van der Waals surface area contributed by atoms with Crippen LogP contribution in [-0.2, 0) is 10.0 Å². The summed E-state index contributed by atoms with van der Waals surface area (Å²) in [5.41, 5.74) is 9.22. The van der Waals surface area contributed by atoms with Gasteiger partial charge in [0.05, 0.1) is 10.6 Å². The Bertz CT molecular complexity index is 1730. The first-order chi connectivity index (χ1) is 18.3. The molecule has 0 aliphatic carbocycles. The van der Waals surface area contributed by atoms with Crippen LogP contribution in [0.25, 0.3) is 22.5 Å². The topological polar surface area (TPSA) is 165 Å². The maximum Gasteiger partial charge on any atom is 0.263 e. The molecule has 0 saturated heterocycles. The number of aryl methyl sites for hydroxylation is 1. The molecule has 11 nitrogen and oxygen atoms in total. The van der Waals surface area contributed by atoms with Gasteiger partial charge in [-0.3, -0.25) is 10.1 Å². The van der Waals surface area contributed by atoms with Crippen LogP contribution in [0.3, 0.4) is 0 Å². The van der Waals surface area contributed by atoms with E-state index in [1.54, 1.807) is 6.92 Å². The van der Waals surface area contributed by atoms with E-state index in [1.807, 2.05) is 60.7 Å². The van der Waals surface area contributed by atoms with Gasteiger partial charge in [0.15, 0.2) is 5.82 Å². The third-order valence-corrected chi connectivity index (χ3v) is 6.83. The summed E-state index contributed by atoms with van der Waals surface area (Å²) in [5, 5.41) is 25.2. The molecule has 0 bridgehead atoms.